The number of fused-ring (bicyclic) bond motifs is 2. The van der Waals surface area contributed by atoms with Crippen molar-refractivity contribution in [2.24, 2.45) is 17.0 Å². The van der Waals surface area contributed by atoms with Crippen molar-refractivity contribution >= 4 is 55.9 Å². The summed E-state index contributed by atoms with van der Waals surface area (Å²) in [6, 6.07) is 0. The van der Waals surface area contributed by atoms with Gasteiger partial charge in [0, 0.05) is 36.1 Å². The second-order valence-electron chi connectivity index (χ2n) is 19.7. The summed E-state index contributed by atoms with van der Waals surface area (Å²) in [7, 11) is -6.90. The highest BCUT2D eigenvalue weighted by Gasteiger charge is 2.62. The van der Waals surface area contributed by atoms with Crippen LogP contribution in [0, 0.1) is 11.8 Å². The van der Waals surface area contributed by atoms with E-state index in [1.54, 1.807) is 53.9 Å². The van der Waals surface area contributed by atoms with E-state index >= 15 is 0 Å². The molecule has 25 heteroatoms. The highest BCUT2D eigenvalue weighted by atomic mass is 32.2. The number of aliphatic carboxylic acids is 1. The monoisotopic (exact) mass is 976 g/mol. The van der Waals surface area contributed by atoms with E-state index in [1.807, 2.05) is 0 Å². The van der Waals surface area contributed by atoms with E-state index < -0.39 is 101 Å². The Bertz CT molecular complexity index is 2540. The summed E-state index contributed by atoms with van der Waals surface area (Å²) in [4.78, 5) is 78.7. The zero-order valence-corrected chi connectivity index (χ0v) is 39.9. The molecule has 5 amide bonds. The Kier molecular flexibility index (Phi) is 13.9. The van der Waals surface area contributed by atoms with Crippen molar-refractivity contribution < 1.29 is 60.2 Å². The van der Waals surface area contributed by atoms with E-state index in [1.165, 1.54) is 22.0 Å². The first-order valence-electron chi connectivity index (χ1n) is 21.7. The minimum Gasteiger partial charge on any atom is -0.479 e. The quantitative estimate of drug-likeness (QED) is 0.158. The molecule has 2 aromatic rings. The Morgan fingerprint density at radius 2 is 1.15 bits per heavy atom. The van der Waals surface area contributed by atoms with Gasteiger partial charge in [-0.25, -0.2) is 36.4 Å². The number of aromatic nitrogens is 4. The highest BCUT2D eigenvalue weighted by molar-refractivity contribution is 7.91. The zero-order chi connectivity index (χ0) is 49.7. The normalized spacial score (nSPS) is 26.3. The van der Waals surface area contributed by atoms with Gasteiger partial charge in [0.1, 0.15) is 22.3 Å². The number of nitrogens with one attached hydrogen (secondary N) is 5. The molecule has 6 atom stereocenters. The van der Waals surface area contributed by atoms with Gasteiger partial charge in [-0.2, -0.15) is 10.2 Å². The number of sulfonamides is 2. The van der Waals surface area contributed by atoms with Gasteiger partial charge in [0.05, 0.1) is 59.2 Å². The maximum atomic E-state index is 13.3. The third kappa shape index (κ3) is 11.8. The van der Waals surface area contributed by atoms with Crippen molar-refractivity contribution in [3.63, 3.8) is 0 Å². The smallest absolute Gasteiger partial charge is 0.410 e. The average Bonchev–Trinajstić information content (AvgIpc) is 4.05. The highest BCUT2D eigenvalue weighted by Crippen LogP contribution is 2.47. The molecular formula is C42H60N10O13S2. The molecule has 0 aromatic carbocycles. The van der Waals surface area contributed by atoms with Crippen molar-refractivity contribution in [2.45, 2.75) is 138 Å². The average molecular weight is 977 g/mol. The predicted octanol–water partition coefficient (Wildman–Crippen LogP) is 1.74. The first-order chi connectivity index (χ1) is 31.0. The first-order valence-corrected chi connectivity index (χ1v) is 24.9. The SMILES string of the molecule is C=C[C@@H]1C[C@]1(NC(=O)C1CN(C(=O)OC(C)(C)C)Cc2cn[nH]c21)C(=O)NS(=O)(=O)C1CC1.C=C[C@@H]1C[C@]1(NC(=O)C1CN(C(=O)OC(C)(C)C)Cc2cn[nH]c21)C(=O)O.NS(=O)(=O)C1CC1. The van der Waals surface area contributed by atoms with E-state index in [0.717, 1.165) is 12.8 Å². The van der Waals surface area contributed by atoms with Crippen LogP contribution in [0.4, 0.5) is 9.59 Å². The van der Waals surface area contributed by atoms with Crippen molar-refractivity contribution in [1.29, 1.82) is 0 Å². The molecule has 4 aliphatic carbocycles. The number of hydrogen-bond acceptors (Lipinski definition) is 14. The summed E-state index contributed by atoms with van der Waals surface area (Å²) < 4.78 is 57.9. The molecule has 0 spiro atoms. The van der Waals surface area contributed by atoms with Gasteiger partial charge in [-0.15, -0.1) is 13.2 Å². The van der Waals surface area contributed by atoms with Crippen LogP contribution in [0.3, 0.4) is 0 Å². The number of aromatic amines is 2. The molecule has 4 saturated carbocycles. The molecular weight excluding hydrogens is 917 g/mol. The zero-order valence-electron chi connectivity index (χ0n) is 38.3. The van der Waals surface area contributed by atoms with Gasteiger partial charge in [-0.05, 0) is 80.1 Å². The van der Waals surface area contributed by atoms with Gasteiger partial charge < -0.3 is 35.0 Å². The van der Waals surface area contributed by atoms with Crippen LogP contribution in [0.25, 0.3) is 0 Å². The van der Waals surface area contributed by atoms with Gasteiger partial charge in [-0.3, -0.25) is 29.3 Å². The van der Waals surface area contributed by atoms with Gasteiger partial charge in [0.15, 0.2) is 0 Å². The van der Waals surface area contributed by atoms with Crippen LogP contribution in [0.15, 0.2) is 37.7 Å². The summed E-state index contributed by atoms with van der Waals surface area (Å²) in [5.74, 6) is -5.15. The number of H-pyrrole nitrogens is 2. The molecule has 8 rings (SSSR count). The van der Waals surface area contributed by atoms with Crippen molar-refractivity contribution in [1.82, 2.24) is 45.6 Å². The number of ether oxygens (including phenoxy) is 2. The Balaban J connectivity index is 0.000000195. The number of primary sulfonamides is 1. The van der Waals surface area contributed by atoms with E-state index in [9.17, 15) is 50.7 Å². The second kappa shape index (κ2) is 18.3. The molecule has 0 bridgehead atoms. The third-order valence-corrected chi connectivity index (χ3v) is 15.1. The summed E-state index contributed by atoms with van der Waals surface area (Å²) in [6.45, 7) is 18.5. The Hall–Kier alpha value is -5.82. The maximum absolute atomic E-state index is 13.3. The fourth-order valence-corrected chi connectivity index (χ4v) is 9.92. The standard InChI is InChI=1S/C21H29N5O6S.C18H24N4O5.C3H7NO2S/c1-5-13-8-21(13,18(28)25-33(30,31)14-6-7-14)23-17(27)15-11-26(19(29)32-20(2,3)4)10-12-9-22-24-16(12)15;1-5-11-6-18(11,15(24)25)20-14(23)12-9-22(16(26)27-17(2,3)4)8-10-7-19-21-13(10)12;4-7(5,6)3-1-2-3/h5,9,13-15H,1,6-8,10-11H2,2-4H3,(H,22,24)(H,23,27)(H,25,28);5,7,11-12H,1,6,8-9H2,2-4H3,(H,19,21)(H,20,23)(H,24,25);3H,1-2H2,(H2,4,5,6)/t13-,15?,21-;11-,12?,18-;/m11./s1. The van der Waals surface area contributed by atoms with Crippen LogP contribution in [-0.4, -0.2) is 134 Å². The van der Waals surface area contributed by atoms with Crippen LogP contribution in [0.1, 0.15) is 114 Å². The van der Waals surface area contributed by atoms with E-state index in [0.29, 0.717) is 41.8 Å². The van der Waals surface area contributed by atoms with Crippen LogP contribution < -0.4 is 20.5 Å². The Morgan fingerprint density at radius 3 is 1.48 bits per heavy atom. The summed E-state index contributed by atoms with van der Waals surface area (Å²) >= 11 is 0. The van der Waals surface area contributed by atoms with Gasteiger partial charge in [0.2, 0.25) is 31.9 Å². The number of carboxylic acid groups (broad SMARTS) is 1. The number of nitrogens with two attached hydrogens (primary N) is 1. The Labute approximate surface area is 388 Å². The molecule has 2 aromatic heterocycles. The van der Waals surface area contributed by atoms with E-state index in [4.69, 9.17) is 14.6 Å². The molecule has 23 nitrogen and oxygen atoms in total. The number of carboxylic acids is 1. The van der Waals surface area contributed by atoms with Crippen LogP contribution in [-0.2, 0) is 61.8 Å². The number of carbonyl (C=O) groups excluding carboxylic acids is 5. The van der Waals surface area contributed by atoms with E-state index in [2.05, 4.69) is 48.9 Å². The second-order valence-corrected chi connectivity index (χ2v) is 23.5. The molecule has 2 aliphatic heterocycles. The van der Waals surface area contributed by atoms with E-state index in [-0.39, 0.29) is 43.8 Å². The fourth-order valence-electron chi connectivity index (χ4n) is 7.76. The molecule has 0 radical (unpaired) electrons. The van der Waals surface area contributed by atoms with Crippen molar-refractivity contribution in [2.75, 3.05) is 13.1 Å². The molecule has 8 N–H and O–H groups in total. The largest absolute Gasteiger partial charge is 0.479 e. The van der Waals surface area contributed by atoms with Crippen molar-refractivity contribution in [3.05, 3.63) is 60.2 Å². The number of nitrogens with zero attached hydrogens (tertiary/aromatic N) is 4. The van der Waals surface area contributed by atoms with Crippen LogP contribution >= 0.6 is 0 Å². The predicted molar refractivity (Wildman–Crippen MR) is 238 cm³/mol. The Morgan fingerprint density at radius 1 is 0.746 bits per heavy atom. The lowest BCUT2D eigenvalue weighted by Crippen LogP contribution is -2.55. The molecule has 2 unspecified atom stereocenters. The van der Waals surface area contributed by atoms with Crippen molar-refractivity contribution in [3.8, 4) is 0 Å². The summed E-state index contributed by atoms with van der Waals surface area (Å²) in [5.41, 5.74) is -1.59. The fraction of sp³-hybridized carbons (Fsp3) is 0.619. The molecule has 4 fully saturated rings. The molecule has 6 aliphatic rings. The van der Waals surface area contributed by atoms with Gasteiger partial charge >= 0.3 is 18.2 Å². The van der Waals surface area contributed by atoms with Crippen LogP contribution in [0.2, 0.25) is 0 Å². The lowest BCUT2D eigenvalue weighted by atomic mass is 9.95. The maximum Gasteiger partial charge on any atom is 0.410 e. The minimum atomic E-state index is -3.77. The lowest BCUT2D eigenvalue weighted by molar-refractivity contribution is -0.143. The van der Waals surface area contributed by atoms with Gasteiger partial charge in [-0.1, -0.05) is 12.2 Å². The first kappa shape index (κ1) is 50.6. The summed E-state index contributed by atoms with van der Waals surface area (Å²) in [5, 5.41) is 32.4. The van der Waals surface area contributed by atoms with Crippen LogP contribution in [0.5, 0.6) is 0 Å². The summed E-state index contributed by atoms with van der Waals surface area (Å²) in [6.07, 6.45) is 8.16. The molecule has 67 heavy (non-hydrogen) atoms. The minimum absolute atomic E-state index is 0.0206. The topological polar surface area (TPSA) is 335 Å². The number of amides is 5. The lowest BCUT2D eigenvalue weighted by Gasteiger charge is -2.33. The molecule has 368 valence electrons. The number of rotatable bonds is 11. The number of carbonyl (C=O) groups is 6. The van der Waals surface area contributed by atoms with Gasteiger partial charge in [0.25, 0.3) is 5.91 Å². The molecule has 4 heterocycles. The number of hydrogen-bond donors (Lipinski definition) is 7. The molecule has 0 saturated heterocycles. The third-order valence-electron chi connectivity index (χ3n) is 11.9.